The van der Waals surface area contributed by atoms with E-state index in [1.54, 1.807) is 13.0 Å². The number of nitrogens with one attached hydrogen (secondary N) is 1. The van der Waals surface area contributed by atoms with Crippen LogP contribution in [0.3, 0.4) is 0 Å². The molecule has 0 radical (unpaired) electrons. The Labute approximate surface area is 194 Å². The maximum Gasteiger partial charge on any atom is 0.292 e. The lowest BCUT2D eigenvalue weighted by atomic mass is 9.98. The van der Waals surface area contributed by atoms with Crippen molar-refractivity contribution in [2.24, 2.45) is 0 Å². The fourth-order valence-corrected chi connectivity index (χ4v) is 4.37. The van der Waals surface area contributed by atoms with Crippen LogP contribution in [0.4, 0.5) is 17.1 Å². The number of anilines is 2. The molecule has 0 aliphatic carbocycles. The van der Waals surface area contributed by atoms with Gasteiger partial charge >= 0.3 is 0 Å². The molecule has 1 fully saturated rings. The summed E-state index contributed by atoms with van der Waals surface area (Å²) in [5.41, 5.74) is 3.55. The molecule has 33 heavy (non-hydrogen) atoms. The fraction of sp³-hybridized carbons (Fsp3) is 0.308. The molecule has 2 N–H and O–H groups in total. The Morgan fingerprint density at radius 1 is 0.909 bits per heavy atom. The number of nitro benzene ring substituents is 1. The molecule has 0 amide bonds. The molecule has 1 aliphatic heterocycles. The molecule has 1 aliphatic rings. The lowest BCUT2D eigenvalue weighted by molar-refractivity contribution is -0.384. The van der Waals surface area contributed by atoms with Crippen LogP contribution in [0.2, 0.25) is 0 Å². The molecule has 4 rings (SSSR count). The normalized spacial score (nSPS) is 15.8. The summed E-state index contributed by atoms with van der Waals surface area (Å²) >= 11 is 0. The first-order chi connectivity index (χ1) is 16.0. The number of aliphatic hydroxyl groups is 1. The first kappa shape index (κ1) is 22.8. The third-order valence-electron chi connectivity index (χ3n) is 6.17. The molecule has 0 spiro atoms. The summed E-state index contributed by atoms with van der Waals surface area (Å²) in [7, 11) is 0. The lowest BCUT2D eigenvalue weighted by Gasteiger charge is -2.26. The molecule has 3 aromatic rings. The van der Waals surface area contributed by atoms with Crippen molar-refractivity contribution in [1.29, 1.82) is 0 Å². The van der Waals surface area contributed by atoms with Crippen LogP contribution in [0.5, 0.6) is 0 Å². The summed E-state index contributed by atoms with van der Waals surface area (Å²) in [6.45, 7) is 4.95. The van der Waals surface area contributed by atoms with Gasteiger partial charge in [-0.15, -0.1) is 0 Å². The second-order valence-electron chi connectivity index (χ2n) is 8.37. The van der Waals surface area contributed by atoms with E-state index in [-0.39, 0.29) is 16.7 Å². The first-order valence-electron chi connectivity index (χ1n) is 11.3. The number of nitrogens with zero attached hydrogens (tertiary/aromatic N) is 3. The van der Waals surface area contributed by atoms with Gasteiger partial charge in [0, 0.05) is 37.9 Å². The van der Waals surface area contributed by atoms with Gasteiger partial charge in [0.25, 0.3) is 5.69 Å². The van der Waals surface area contributed by atoms with Crippen molar-refractivity contribution in [3.8, 4) is 0 Å². The summed E-state index contributed by atoms with van der Waals surface area (Å²) in [5, 5.41) is 25.3. The first-order valence-corrected chi connectivity index (χ1v) is 11.3. The van der Waals surface area contributed by atoms with Gasteiger partial charge in [-0.05, 0) is 36.6 Å². The molecule has 1 atom stereocenters. The minimum Gasteiger partial charge on any atom is -0.379 e. The molecular weight excluding hydrogens is 416 g/mol. The molecule has 1 unspecified atom stereocenters. The third-order valence-corrected chi connectivity index (χ3v) is 6.17. The average Bonchev–Trinajstić information content (AvgIpc) is 3.10. The molecule has 1 saturated heterocycles. The number of hydrogen-bond donors (Lipinski definition) is 2. The third kappa shape index (κ3) is 5.50. The van der Waals surface area contributed by atoms with E-state index in [1.165, 1.54) is 0 Å². The summed E-state index contributed by atoms with van der Waals surface area (Å²) in [5.74, 6) is 0. The standard InChI is InChI=1S/C26H30N4O3/c1-20(31)28-15-8-16-29(18-17-28)23-13-14-25(30(32)33)24(19-23)27-26(21-9-4-2-5-10-21)22-11-6-3-7-12-22/h2-7,9-14,19-20,26-27,31H,8,15-18H2,1H3. The van der Waals surface area contributed by atoms with Gasteiger partial charge in [-0.2, -0.15) is 0 Å². The Morgan fingerprint density at radius 2 is 1.55 bits per heavy atom. The smallest absolute Gasteiger partial charge is 0.292 e. The van der Waals surface area contributed by atoms with E-state index < -0.39 is 6.23 Å². The van der Waals surface area contributed by atoms with Crippen LogP contribution in [-0.4, -0.2) is 47.3 Å². The van der Waals surface area contributed by atoms with E-state index in [0.29, 0.717) is 5.69 Å². The predicted molar refractivity (Wildman–Crippen MR) is 132 cm³/mol. The van der Waals surface area contributed by atoms with E-state index in [9.17, 15) is 15.2 Å². The van der Waals surface area contributed by atoms with Crippen LogP contribution in [-0.2, 0) is 0 Å². The van der Waals surface area contributed by atoms with Gasteiger partial charge < -0.3 is 15.3 Å². The minimum atomic E-state index is -0.475. The average molecular weight is 447 g/mol. The van der Waals surface area contributed by atoms with Gasteiger partial charge in [0.05, 0.1) is 11.0 Å². The van der Waals surface area contributed by atoms with Crippen LogP contribution >= 0.6 is 0 Å². The second-order valence-corrected chi connectivity index (χ2v) is 8.37. The molecular formula is C26H30N4O3. The Hall–Kier alpha value is -3.42. The van der Waals surface area contributed by atoms with Gasteiger partial charge in [0.1, 0.15) is 11.9 Å². The molecule has 1 heterocycles. The zero-order valence-electron chi connectivity index (χ0n) is 18.8. The van der Waals surface area contributed by atoms with Crippen LogP contribution in [0.15, 0.2) is 78.9 Å². The Kier molecular flexibility index (Phi) is 7.22. The zero-order chi connectivity index (χ0) is 23.2. The van der Waals surface area contributed by atoms with Crippen LogP contribution in [0, 0.1) is 10.1 Å². The van der Waals surface area contributed by atoms with Gasteiger partial charge in [0.2, 0.25) is 0 Å². The van der Waals surface area contributed by atoms with Crippen LogP contribution < -0.4 is 10.2 Å². The molecule has 0 aromatic heterocycles. The summed E-state index contributed by atoms with van der Waals surface area (Å²) in [4.78, 5) is 15.8. The van der Waals surface area contributed by atoms with Crippen molar-refractivity contribution in [3.05, 3.63) is 100 Å². The van der Waals surface area contributed by atoms with E-state index in [2.05, 4.69) is 10.2 Å². The van der Waals surface area contributed by atoms with Gasteiger partial charge in [0.15, 0.2) is 0 Å². The topological polar surface area (TPSA) is 81.9 Å². The summed E-state index contributed by atoms with van der Waals surface area (Å²) in [6, 6.07) is 25.0. The van der Waals surface area contributed by atoms with Crippen molar-refractivity contribution in [1.82, 2.24) is 4.90 Å². The minimum absolute atomic E-state index is 0.0519. The fourth-order valence-electron chi connectivity index (χ4n) is 4.37. The maximum atomic E-state index is 11.9. The quantitative estimate of drug-likeness (QED) is 0.406. The molecule has 0 saturated carbocycles. The van der Waals surface area contributed by atoms with Crippen LogP contribution in [0.1, 0.15) is 30.5 Å². The second kappa shape index (κ2) is 10.5. The highest BCUT2D eigenvalue weighted by Crippen LogP contribution is 2.35. The monoisotopic (exact) mass is 446 g/mol. The number of benzene rings is 3. The molecule has 7 heteroatoms. The highest BCUT2D eigenvalue weighted by Gasteiger charge is 2.23. The van der Waals surface area contributed by atoms with E-state index in [4.69, 9.17) is 0 Å². The number of aliphatic hydroxyl groups excluding tert-OH is 1. The molecule has 7 nitrogen and oxygen atoms in total. The molecule has 0 bridgehead atoms. The molecule has 3 aromatic carbocycles. The van der Waals surface area contributed by atoms with Crippen molar-refractivity contribution < 1.29 is 10.0 Å². The van der Waals surface area contributed by atoms with Crippen molar-refractivity contribution >= 4 is 17.1 Å². The van der Waals surface area contributed by atoms with Gasteiger partial charge in [-0.3, -0.25) is 15.0 Å². The van der Waals surface area contributed by atoms with E-state index in [0.717, 1.165) is 49.4 Å². The van der Waals surface area contributed by atoms with Crippen molar-refractivity contribution in [2.75, 3.05) is 36.4 Å². The zero-order valence-corrected chi connectivity index (χ0v) is 18.8. The largest absolute Gasteiger partial charge is 0.379 e. The van der Waals surface area contributed by atoms with Gasteiger partial charge in [-0.25, -0.2) is 0 Å². The van der Waals surface area contributed by atoms with E-state index >= 15 is 0 Å². The number of nitro groups is 1. The number of rotatable bonds is 7. The van der Waals surface area contributed by atoms with Crippen LogP contribution in [0.25, 0.3) is 0 Å². The SMILES string of the molecule is CC(O)N1CCCN(c2ccc([N+](=O)[O-])c(NC(c3ccccc3)c3ccccc3)c2)CC1. The van der Waals surface area contributed by atoms with Crippen molar-refractivity contribution in [2.45, 2.75) is 25.6 Å². The maximum absolute atomic E-state index is 11.9. The Morgan fingerprint density at radius 3 is 2.12 bits per heavy atom. The highest BCUT2D eigenvalue weighted by atomic mass is 16.6. The Bertz CT molecular complexity index is 1020. The van der Waals surface area contributed by atoms with Crippen molar-refractivity contribution in [3.63, 3.8) is 0 Å². The summed E-state index contributed by atoms with van der Waals surface area (Å²) < 4.78 is 0. The molecule has 172 valence electrons. The highest BCUT2D eigenvalue weighted by molar-refractivity contribution is 5.70. The number of hydrogen-bond acceptors (Lipinski definition) is 6. The van der Waals surface area contributed by atoms with E-state index in [1.807, 2.05) is 77.7 Å². The Balaban J connectivity index is 1.67. The summed E-state index contributed by atoms with van der Waals surface area (Å²) in [6.07, 6.45) is 0.443. The lowest BCUT2D eigenvalue weighted by Crippen LogP contribution is -2.36. The van der Waals surface area contributed by atoms with Gasteiger partial charge in [-0.1, -0.05) is 60.7 Å². The predicted octanol–water partition coefficient (Wildman–Crippen LogP) is 4.65.